The number of thiazole rings is 1. The zero-order valence-corrected chi connectivity index (χ0v) is 10.5. The van der Waals surface area contributed by atoms with Crippen LogP contribution in [0.2, 0.25) is 0 Å². The lowest BCUT2D eigenvalue weighted by Crippen LogP contribution is -2.22. The predicted molar refractivity (Wildman–Crippen MR) is 66.2 cm³/mol. The SMILES string of the molecule is Cc1nc(C2=CCC(C(=O)N(C)C)=C2)cs1. The molecule has 0 saturated heterocycles. The van der Waals surface area contributed by atoms with Crippen molar-refractivity contribution in [2.24, 2.45) is 0 Å². The predicted octanol–water partition coefficient (Wildman–Crippen LogP) is 2.25. The minimum absolute atomic E-state index is 0.0817. The maximum Gasteiger partial charge on any atom is 0.249 e. The topological polar surface area (TPSA) is 33.2 Å². The number of carbonyl (C=O) groups is 1. The fourth-order valence-electron chi connectivity index (χ4n) is 1.64. The van der Waals surface area contributed by atoms with Crippen molar-refractivity contribution in [3.63, 3.8) is 0 Å². The number of aromatic nitrogens is 1. The number of likely N-dealkylation sites (N-methyl/N-ethyl adjacent to an activating group) is 1. The molecular formula is C12H14N2OS. The van der Waals surface area contributed by atoms with Gasteiger partial charge in [-0.1, -0.05) is 6.08 Å². The molecule has 0 N–H and O–H groups in total. The van der Waals surface area contributed by atoms with Crippen molar-refractivity contribution in [3.05, 3.63) is 33.8 Å². The molecule has 1 aliphatic rings. The van der Waals surface area contributed by atoms with E-state index < -0.39 is 0 Å². The highest BCUT2D eigenvalue weighted by atomic mass is 32.1. The number of aryl methyl sites for hydroxylation is 1. The van der Waals surface area contributed by atoms with Crippen LogP contribution >= 0.6 is 11.3 Å². The summed E-state index contributed by atoms with van der Waals surface area (Å²) in [6, 6.07) is 0. The van der Waals surface area contributed by atoms with E-state index in [-0.39, 0.29) is 5.91 Å². The summed E-state index contributed by atoms with van der Waals surface area (Å²) in [7, 11) is 3.54. The van der Waals surface area contributed by atoms with Crippen molar-refractivity contribution >= 4 is 22.8 Å². The van der Waals surface area contributed by atoms with Crippen molar-refractivity contribution in [3.8, 4) is 0 Å². The van der Waals surface area contributed by atoms with E-state index in [0.29, 0.717) is 6.42 Å². The number of hydrogen-bond donors (Lipinski definition) is 0. The van der Waals surface area contributed by atoms with Gasteiger partial charge < -0.3 is 4.90 Å². The molecule has 1 heterocycles. The van der Waals surface area contributed by atoms with E-state index in [9.17, 15) is 4.79 Å². The highest BCUT2D eigenvalue weighted by molar-refractivity contribution is 7.09. The zero-order chi connectivity index (χ0) is 11.7. The lowest BCUT2D eigenvalue weighted by atomic mass is 10.2. The lowest BCUT2D eigenvalue weighted by molar-refractivity contribution is -0.124. The Kier molecular flexibility index (Phi) is 2.92. The molecule has 84 valence electrons. The van der Waals surface area contributed by atoms with E-state index in [2.05, 4.69) is 11.1 Å². The molecule has 0 fully saturated rings. The Balaban J connectivity index is 2.19. The molecule has 0 bridgehead atoms. The van der Waals surface area contributed by atoms with Crippen molar-refractivity contribution in [1.82, 2.24) is 9.88 Å². The highest BCUT2D eigenvalue weighted by Gasteiger charge is 2.17. The summed E-state index contributed by atoms with van der Waals surface area (Å²) in [5.74, 6) is 0.0817. The van der Waals surface area contributed by atoms with Crippen molar-refractivity contribution < 1.29 is 4.79 Å². The number of allylic oxidation sites excluding steroid dienone is 3. The first-order valence-electron chi connectivity index (χ1n) is 5.13. The van der Waals surface area contributed by atoms with Crippen LogP contribution in [0.5, 0.6) is 0 Å². The third kappa shape index (κ3) is 2.07. The lowest BCUT2D eigenvalue weighted by Gasteiger charge is -2.09. The second kappa shape index (κ2) is 4.22. The summed E-state index contributed by atoms with van der Waals surface area (Å²) in [6.45, 7) is 1.99. The Morgan fingerprint density at radius 1 is 1.50 bits per heavy atom. The Morgan fingerprint density at radius 2 is 2.25 bits per heavy atom. The van der Waals surface area contributed by atoms with E-state index in [1.807, 2.05) is 18.4 Å². The molecule has 4 heteroatoms. The van der Waals surface area contributed by atoms with Crippen molar-refractivity contribution in [1.29, 1.82) is 0 Å². The number of nitrogens with zero attached hydrogens (tertiary/aromatic N) is 2. The zero-order valence-electron chi connectivity index (χ0n) is 9.65. The van der Waals surface area contributed by atoms with E-state index in [1.54, 1.807) is 30.3 Å². The summed E-state index contributed by atoms with van der Waals surface area (Å²) in [5.41, 5.74) is 2.88. The Morgan fingerprint density at radius 3 is 2.81 bits per heavy atom. The van der Waals surface area contributed by atoms with Crippen LogP contribution in [0.15, 0.2) is 23.1 Å². The van der Waals surface area contributed by atoms with Crippen LogP contribution in [-0.4, -0.2) is 29.9 Å². The van der Waals surface area contributed by atoms with E-state index >= 15 is 0 Å². The molecule has 3 nitrogen and oxygen atoms in total. The van der Waals surface area contributed by atoms with Crippen LogP contribution in [0, 0.1) is 6.92 Å². The van der Waals surface area contributed by atoms with Crippen LogP contribution in [-0.2, 0) is 4.79 Å². The Bertz CT molecular complexity index is 483. The molecule has 1 aliphatic carbocycles. The minimum atomic E-state index is 0.0817. The smallest absolute Gasteiger partial charge is 0.249 e. The van der Waals surface area contributed by atoms with Gasteiger partial charge in [-0.25, -0.2) is 4.98 Å². The molecule has 1 amide bonds. The molecule has 2 rings (SSSR count). The van der Waals surface area contributed by atoms with Crippen LogP contribution in [0.1, 0.15) is 17.1 Å². The number of carbonyl (C=O) groups excluding carboxylic acids is 1. The molecule has 1 aromatic rings. The van der Waals surface area contributed by atoms with Gasteiger partial charge in [-0.15, -0.1) is 11.3 Å². The first-order valence-corrected chi connectivity index (χ1v) is 6.01. The molecule has 0 radical (unpaired) electrons. The summed E-state index contributed by atoms with van der Waals surface area (Å²) in [4.78, 5) is 17.8. The third-order valence-electron chi connectivity index (χ3n) is 2.47. The summed E-state index contributed by atoms with van der Waals surface area (Å²) >= 11 is 1.63. The maximum atomic E-state index is 11.7. The normalized spacial score (nSPS) is 14.7. The minimum Gasteiger partial charge on any atom is -0.345 e. The largest absolute Gasteiger partial charge is 0.345 e. The van der Waals surface area contributed by atoms with Gasteiger partial charge >= 0.3 is 0 Å². The molecule has 0 unspecified atom stereocenters. The average Bonchev–Trinajstić information content (AvgIpc) is 2.84. The standard InChI is InChI=1S/C12H14N2OS/c1-8-13-11(7-16-8)9-4-5-10(6-9)12(15)14(2)3/h4,6-7H,5H2,1-3H3. The molecule has 1 aromatic heterocycles. The van der Waals surface area contributed by atoms with Crippen LogP contribution in [0.4, 0.5) is 0 Å². The molecule has 16 heavy (non-hydrogen) atoms. The Hall–Kier alpha value is -1.42. The van der Waals surface area contributed by atoms with Gasteiger partial charge in [-0.3, -0.25) is 4.79 Å². The summed E-state index contributed by atoms with van der Waals surface area (Å²) in [5, 5.41) is 3.08. The van der Waals surface area contributed by atoms with Crippen molar-refractivity contribution in [2.75, 3.05) is 14.1 Å². The first-order chi connectivity index (χ1) is 7.58. The molecule has 0 spiro atoms. The van der Waals surface area contributed by atoms with Crippen molar-refractivity contribution in [2.45, 2.75) is 13.3 Å². The van der Waals surface area contributed by atoms with E-state index in [0.717, 1.165) is 21.8 Å². The number of rotatable bonds is 2. The Labute approximate surface area is 99.1 Å². The number of amides is 1. The average molecular weight is 234 g/mol. The maximum absolute atomic E-state index is 11.7. The summed E-state index contributed by atoms with van der Waals surface area (Å²) in [6.07, 6.45) is 4.71. The molecule has 0 saturated carbocycles. The van der Waals surface area contributed by atoms with Crippen LogP contribution in [0.25, 0.3) is 5.57 Å². The molecule has 0 aromatic carbocycles. The first kappa shape index (κ1) is 11.1. The van der Waals surface area contributed by atoms with Gasteiger partial charge in [0.1, 0.15) is 0 Å². The van der Waals surface area contributed by atoms with Gasteiger partial charge in [0.15, 0.2) is 0 Å². The highest BCUT2D eigenvalue weighted by Crippen LogP contribution is 2.27. The molecular weight excluding hydrogens is 220 g/mol. The van der Waals surface area contributed by atoms with Gasteiger partial charge in [0.25, 0.3) is 0 Å². The second-order valence-electron chi connectivity index (χ2n) is 3.98. The van der Waals surface area contributed by atoms with Crippen LogP contribution in [0.3, 0.4) is 0 Å². The van der Waals surface area contributed by atoms with Gasteiger partial charge in [-0.05, 0) is 25.0 Å². The van der Waals surface area contributed by atoms with Crippen LogP contribution < -0.4 is 0 Å². The second-order valence-corrected chi connectivity index (χ2v) is 5.05. The van der Waals surface area contributed by atoms with E-state index in [1.165, 1.54) is 0 Å². The molecule has 0 aliphatic heterocycles. The fraction of sp³-hybridized carbons (Fsp3) is 0.333. The van der Waals surface area contributed by atoms with Gasteiger partial charge in [-0.2, -0.15) is 0 Å². The van der Waals surface area contributed by atoms with Gasteiger partial charge in [0, 0.05) is 25.0 Å². The van der Waals surface area contributed by atoms with Gasteiger partial charge in [0.2, 0.25) is 5.91 Å². The number of hydrogen-bond acceptors (Lipinski definition) is 3. The van der Waals surface area contributed by atoms with E-state index in [4.69, 9.17) is 0 Å². The summed E-state index contributed by atoms with van der Waals surface area (Å²) < 4.78 is 0. The fourth-order valence-corrected chi connectivity index (χ4v) is 2.26. The monoisotopic (exact) mass is 234 g/mol. The third-order valence-corrected chi connectivity index (χ3v) is 3.24. The quantitative estimate of drug-likeness (QED) is 0.786. The van der Waals surface area contributed by atoms with Gasteiger partial charge in [0.05, 0.1) is 10.7 Å². The molecule has 0 atom stereocenters.